The molecule has 1 heterocycles. The monoisotopic (exact) mass is 237 g/mol. The summed E-state index contributed by atoms with van der Waals surface area (Å²) in [6.07, 6.45) is 0.672. The van der Waals surface area contributed by atoms with E-state index in [0.717, 1.165) is 12.1 Å². The van der Waals surface area contributed by atoms with E-state index in [9.17, 15) is 4.79 Å². The molecular weight excluding hydrogens is 222 g/mol. The molecule has 1 N–H and O–H groups in total. The largest absolute Gasteiger partial charge is 0.478 e. The Morgan fingerprint density at radius 1 is 1.35 bits per heavy atom. The van der Waals surface area contributed by atoms with Crippen LogP contribution in [0.5, 0.6) is 11.5 Å². The van der Waals surface area contributed by atoms with Crippen molar-refractivity contribution in [3.8, 4) is 11.5 Å². The van der Waals surface area contributed by atoms with Gasteiger partial charge < -0.3 is 19.5 Å². The first-order valence-electron chi connectivity index (χ1n) is 5.38. The summed E-state index contributed by atoms with van der Waals surface area (Å²) in [5.41, 5.74) is 1.06. The van der Waals surface area contributed by atoms with Crippen LogP contribution < -0.4 is 9.47 Å². The lowest BCUT2D eigenvalue weighted by molar-refractivity contribution is 0.0695. The maximum atomic E-state index is 11.2. The van der Waals surface area contributed by atoms with Crippen LogP contribution in [0.2, 0.25) is 0 Å². The van der Waals surface area contributed by atoms with Crippen LogP contribution in [0.15, 0.2) is 12.1 Å². The van der Waals surface area contributed by atoms with Gasteiger partial charge in [-0.15, -0.1) is 0 Å². The molecule has 0 saturated carbocycles. The Morgan fingerprint density at radius 2 is 2.00 bits per heavy atom. The van der Waals surface area contributed by atoms with Crippen LogP contribution in [-0.4, -0.2) is 43.4 Å². The fraction of sp³-hybridized carbons (Fsp3) is 0.417. The Bertz CT molecular complexity index is 442. The molecular formula is C12H15NO4. The maximum Gasteiger partial charge on any atom is 0.336 e. The van der Waals surface area contributed by atoms with Crippen molar-refractivity contribution in [2.24, 2.45) is 0 Å². The third-order valence-electron chi connectivity index (χ3n) is 2.66. The van der Waals surface area contributed by atoms with Crippen molar-refractivity contribution >= 4 is 5.97 Å². The van der Waals surface area contributed by atoms with Crippen molar-refractivity contribution in [2.75, 3.05) is 27.4 Å². The van der Waals surface area contributed by atoms with Crippen molar-refractivity contribution in [2.45, 2.75) is 6.42 Å². The Balaban J connectivity index is 2.31. The average Bonchev–Trinajstić information content (AvgIpc) is 2.71. The van der Waals surface area contributed by atoms with Gasteiger partial charge in [-0.1, -0.05) is 0 Å². The second-order valence-electron chi connectivity index (χ2n) is 4.22. The standard InChI is InChI=1S/C12H15NO4/c1-13(2)4-3-8-5-10-11(17-7-16-10)6-9(8)12(14)15/h5-6H,3-4,7H2,1-2H3,(H,14,15). The van der Waals surface area contributed by atoms with Crippen molar-refractivity contribution in [1.29, 1.82) is 0 Å². The fourth-order valence-electron chi connectivity index (χ4n) is 1.73. The predicted octanol–water partition coefficient (Wildman–Crippen LogP) is 1.22. The van der Waals surface area contributed by atoms with E-state index >= 15 is 0 Å². The molecule has 0 aromatic heterocycles. The zero-order valence-corrected chi connectivity index (χ0v) is 9.90. The van der Waals surface area contributed by atoms with Gasteiger partial charge in [-0.2, -0.15) is 0 Å². The number of carboxylic acid groups (broad SMARTS) is 1. The van der Waals surface area contributed by atoms with E-state index in [1.807, 2.05) is 19.0 Å². The van der Waals surface area contributed by atoms with Crippen LogP contribution >= 0.6 is 0 Å². The summed E-state index contributed by atoms with van der Waals surface area (Å²) in [7, 11) is 3.90. The minimum atomic E-state index is -0.933. The van der Waals surface area contributed by atoms with Crippen molar-refractivity contribution < 1.29 is 19.4 Å². The molecule has 1 aliphatic heterocycles. The van der Waals surface area contributed by atoms with Crippen LogP contribution in [0.4, 0.5) is 0 Å². The summed E-state index contributed by atoms with van der Waals surface area (Å²) in [5.74, 6) is 0.205. The normalized spacial score (nSPS) is 13.1. The predicted molar refractivity (Wildman–Crippen MR) is 61.8 cm³/mol. The molecule has 1 aromatic rings. The molecule has 0 spiro atoms. The topological polar surface area (TPSA) is 59.0 Å². The summed E-state index contributed by atoms with van der Waals surface area (Å²) >= 11 is 0. The molecule has 5 heteroatoms. The molecule has 0 unspecified atom stereocenters. The van der Waals surface area contributed by atoms with E-state index in [-0.39, 0.29) is 12.4 Å². The van der Waals surface area contributed by atoms with Crippen LogP contribution in [0.1, 0.15) is 15.9 Å². The molecule has 0 saturated heterocycles. The van der Waals surface area contributed by atoms with Gasteiger partial charge in [-0.3, -0.25) is 0 Å². The minimum Gasteiger partial charge on any atom is -0.478 e. The van der Waals surface area contributed by atoms with Crippen molar-refractivity contribution in [1.82, 2.24) is 4.90 Å². The van der Waals surface area contributed by atoms with Gasteiger partial charge in [-0.05, 0) is 38.2 Å². The second kappa shape index (κ2) is 4.63. The third-order valence-corrected chi connectivity index (χ3v) is 2.66. The average molecular weight is 237 g/mol. The first-order valence-corrected chi connectivity index (χ1v) is 5.38. The van der Waals surface area contributed by atoms with Gasteiger partial charge in [0.15, 0.2) is 11.5 Å². The number of carbonyl (C=O) groups is 1. The van der Waals surface area contributed by atoms with Gasteiger partial charge in [0.05, 0.1) is 5.56 Å². The van der Waals surface area contributed by atoms with Crippen LogP contribution in [-0.2, 0) is 6.42 Å². The number of hydrogen-bond donors (Lipinski definition) is 1. The fourth-order valence-corrected chi connectivity index (χ4v) is 1.73. The lowest BCUT2D eigenvalue weighted by Gasteiger charge is -2.11. The quantitative estimate of drug-likeness (QED) is 0.853. The molecule has 17 heavy (non-hydrogen) atoms. The van der Waals surface area contributed by atoms with E-state index in [4.69, 9.17) is 14.6 Å². The maximum absolute atomic E-state index is 11.2. The van der Waals surface area contributed by atoms with Gasteiger partial charge in [-0.25, -0.2) is 4.79 Å². The zero-order valence-electron chi connectivity index (χ0n) is 9.90. The highest BCUT2D eigenvalue weighted by Gasteiger charge is 2.20. The molecule has 92 valence electrons. The molecule has 1 aromatic carbocycles. The SMILES string of the molecule is CN(C)CCc1cc2c(cc1C(=O)O)OCO2. The van der Waals surface area contributed by atoms with Crippen molar-refractivity contribution in [3.63, 3.8) is 0 Å². The van der Waals surface area contributed by atoms with Crippen LogP contribution in [0.25, 0.3) is 0 Å². The van der Waals surface area contributed by atoms with Gasteiger partial charge in [0.25, 0.3) is 0 Å². The lowest BCUT2D eigenvalue weighted by Crippen LogP contribution is -2.16. The number of benzene rings is 1. The van der Waals surface area contributed by atoms with Gasteiger partial charge in [0.2, 0.25) is 6.79 Å². The van der Waals surface area contributed by atoms with E-state index < -0.39 is 5.97 Å². The van der Waals surface area contributed by atoms with Gasteiger partial charge in [0.1, 0.15) is 0 Å². The van der Waals surface area contributed by atoms with Crippen LogP contribution in [0, 0.1) is 0 Å². The Morgan fingerprint density at radius 3 is 2.59 bits per heavy atom. The highest BCUT2D eigenvalue weighted by atomic mass is 16.7. The number of likely N-dealkylation sites (N-methyl/N-ethyl adjacent to an activating group) is 1. The van der Waals surface area contributed by atoms with Gasteiger partial charge >= 0.3 is 5.97 Å². The number of aromatic carboxylic acids is 1. The number of fused-ring (bicyclic) bond motifs is 1. The lowest BCUT2D eigenvalue weighted by atomic mass is 10.0. The van der Waals surface area contributed by atoms with E-state index in [2.05, 4.69) is 0 Å². The molecule has 0 amide bonds. The Hall–Kier alpha value is -1.75. The molecule has 0 radical (unpaired) electrons. The smallest absolute Gasteiger partial charge is 0.336 e. The molecule has 5 nitrogen and oxygen atoms in total. The summed E-state index contributed by atoms with van der Waals surface area (Å²) in [5, 5.41) is 9.15. The summed E-state index contributed by atoms with van der Waals surface area (Å²) < 4.78 is 10.4. The minimum absolute atomic E-state index is 0.158. The number of rotatable bonds is 4. The van der Waals surface area contributed by atoms with E-state index in [1.54, 1.807) is 6.07 Å². The first-order chi connectivity index (χ1) is 8.08. The number of ether oxygens (including phenoxy) is 2. The Labute approximate surface area is 99.6 Å². The highest BCUT2D eigenvalue weighted by Crippen LogP contribution is 2.35. The third kappa shape index (κ3) is 2.50. The van der Waals surface area contributed by atoms with Gasteiger partial charge in [0, 0.05) is 6.54 Å². The summed E-state index contributed by atoms with van der Waals surface area (Å²) in [6.45, 7) is 0.950. The van der Waals surface area contributed by atoms with Crippen LogP contribution in [0.3, 0.4) is 0 Å². The summed E-state index contributed by atoms with van der Waals surface area (Å²) in [6, 6.07) is 3.30. The molecule has 0 aliphatic carbocycles. The van der Waals surface area contributed by atoms with E-state index in [1.165, 1.54) is 6.07 Å². The van der Waals surface area contributed by atoms with Crippen molar-refractivity contribution in [3.05, 3.63) is 23.3 Å². The first kappa shape index (κ1) is 11.7. The summed E-state index contributed by atoms with van der Waals surface area (Å²) in [4.78, 5) is 13.2. The van der Waals surface area contributed by atoms with E-state index in [0.29, 0.717) is 17.9 Å². The molecule has 1 aliphatic rings. The number of carboxylic acids is 1. The molecule has 0 atom stereocenters. The molecule has 2 rings (SSSR count). The molecule has 0 bridgehead atoms. The zero-order chi connectivity index (χ0) is 12.4. The number of hydrogen-bond acceptors (Lipinski definition) is 4. The second-order valence-corrected chi connectivity index (χ2v) is 4.22. The molecule has 0 fully saturated rings. The number of nitrogens with zero attached hydrogens (tertiary/aromatic N) is 1. The Kier molecular flexibility index (Phi) is 3.19. The highest BCUT2D eigenvalue weighted by molar-refractivity contribution is 5.90.